The Morgan fingerprint density at radius 1 is 1.11 bits per heavy atom. The highest BCUT2D eigenvalue weighted by atomic mass is 16.3. The minimum atomic E-state index is -0.440. The smallest absolute Gasteiger partial charge is 0.115 e. The Hall–Kier alpha value is -1.06. The number of likely N-dealkylation sites (tertiary alicyclic amines) is 1. The van der Waals surface area contributed by atoms with Crippen molar-refractivity contribution in [3.05, 3.63) is 29.8 Å². The average Bonchev–Trinajstić information content (AvgIpc) is 2.90. The summed E-state index contributed by atoms with van der Waals surface area (Å²) in [5.74, 6) is 2.00. The monoisotopic (exact) mass is 247 g/mol. The van der Waals surface area contributed by atoms with Crippen LogP contribution in [0.15, 0.2) is 24.3 Å². The topological polar surface area (TPSA) is 43.7 Å². The van der Waals surface area contributed by atoms with Crippen molar-refractivity contribution in [3.63, 3.8) is 0 Å². The first-order valence-corrected chi connectivity index (χ1v) is 6.92. The van der Waals surface area contributed by atoms with Crippen LogP contribution < -0.4 is 0 Å². The number of hydrogen-bond donors (Lipinski definition) is 2. The van der Waals surface area contributed by atoms with E-state index in [1.807, 2.05) is 0 Å². The predicted molar refractivity (Wildman–Crippen MR) is 70.3 cm³/mol. The van der Waals surface area contributed by atoms with E-state index >= 15 is 0 Å². The summed E-state index contributed by atoms with van der Waals surface area (Å²) in [7, 11) is 0. The summed E-state index contributed by atoms with van der Waals surface area (Å²) in [5, 5.41) is 19.5. The van der Waals surface area contributed by atoms with Crippen molar-refractivity contribution in [1.82, 2.24) is 4.90 Å². The maximum Gasteiger partial charge on any atom is 0.115 e. The Bertz CT molecular complexity index is 391. The summed E-state index contributed by atoms with van der Waals surface area (Å²) < 4.78 is 0. The number of hydrogen-bond acceptors (Lipinski definition) is 3. The molecule has 1 aliphatic carbocycles. The van der Waals surface area contributed by atoms with Crippen molar-refractivity contribution in [3.8, 4) is 5.75 Å². The van der Waals surface area contributed by atoms with Crippen molar-refractivity contribution in [2.75, 3.05) is 19.6 Å². The summed E-state index contributed by atoms with van der Waals surface area (Å²) in [4.78, 5) is 2.39. The zero-order valence-corrected chi connectivity index (χ0v) is 10.6. The Morgan fingerprint density at radius 2 is 1.72 bits per heavy atom. The highest BCUT2D eigenvalue weighted by molar-refractivity contribution is 5.27. The third-order valence-corrected chi connectivity index (χ3v) is 4.51. The van der Waals surface area contributed by atoms with Crippen molar-refractivity contribution in [2.45, 2.75) is 25.4 Å². The van der Waals surface area contributed by atoms with Gasteiger partial charge in [0.25, 0.3) is 0 Å². The number of phenols is 1. The van der Waals surface area contributed by atoms with Gasteiger partial charge in [0.2, 0.25) is 0 Å². The van der Waals surface area contributed by atoms with E-state index in [-0.39, 0.29) is 5.75 Å². The van der Waals surface area contributed by atoms with E-state index in [0.717, 1.165) is 37.0 Å². The van der Waals surface area contributed by atoms with E-state index in [1.54, 1.807) is 24.3 Å². The molecule has 18 heavy (non-hydrogen) atoms. The second-order valence-electron chi connectivity index (χ2n) is 5.78. The molecule has 1 unspecified atom stereocenters. The van der Waals surface area contributed by atoms with Crippen molar-refractivity contribution in [2.24, 2.45) is 11.8 Å². The van der Waals surface area contributed by atoms with E-state index in [0.29, 0.717) is 0 Å². The van der Waals surface area contributed by atoms with Crippen LogP contribution in [-0.2, 0) is 0 Å². The number of β-amino-alcohol motifs (C(OH)–C–C–N with tert-alkyl or cyclic N) is 1. The number of aliphatic hydroxyl groups is 1. The van der Waals surface area contributed by atoms with Gasteiger partial charge in [-0.2, -0.15) is 0 Å². The Kier molecular flexibility index (Phi) is 3.27. The Labute approximate surface area is 108 Å². The fraction of sp³-hybridized carbons (Fsp3) is 0.600. The molecular weight excluding hydrogens is 226 g/mol. The van der Waals surface area contributed by atoms with Gasteiger partial charge < -0.3 is 10.2 Å². The molecule has 1 aromatic rings. The van der Waals surface area contributed by atoms with Crippen LogP contribution in [0.1, 0.15) is 30.9 Å². The third-order valence-electron chi connectivity index (χ3n) is 4.51. The molecule has 2 aliphatic rings. The number of aromatic hydroxyl groups is 1. The highest BCUT2D eigenvalue weighted by Gasteiger charge is 2.36. The molecule has 98 valence electrons. The van der Waals surface area contributed by atoms with Crippen LogP contribution in [0.3, 0.4) is 0 Å². The molecule has 3 rings (SSSR count). The molecule has 0 bridgehead atoms. The van der Waals surface area contributed by atoms with Gasteiger partial charge in [0, 0.05) is 19.6 Å². The van der Waals surface area contributed by atoms with Crippen LogP contribution in [0.25, 0.3) is 0 Å². The first kappa shape index (κ1) is 12.0. The summed E-state index contributed by atoms with van der Waals surface area (Å²) in [6, 6.07) is 6.88. The minimum Gasteiger partial charge on any atom is -0.508 e. The van der Waals surface area contributed by atoms with Gasteiger partial charge in [-0.1, -0.05) is 18.6 Å². The molecule has 0 aromatic heterocycles. The van der Waals surface area contributed by atoms with Gasteiger partial charge in [-0.05, 0) is 42.4 Å². The van der Waals surface area contributed by atoms with Crippen LogP contribution in [0.2, 0.25) is 0 Å². The standard InChI is InChI=1S/C15H21NO2/c17-14-6-4-11(5-7-14)15(18)10-16-8-12-2-1-3-13(12)9-16/h4-7,12-13,15,17-18H,1-3,8-10H2/t12-,13+,15?. The first-order chi connectivity index (χ1) is 8.72. The van der Waals surface area contributed by atoms with Crippen LogP contribution in [-0.4, -0.2) is 34.7 Å². The third kappa shape index (κ3) is 2.38. The van der Waals surface area contributed by atoms with E-state index in [9.17, 15) is 10.2 Å². The number of nitrogens with zero attached hydrogens (tertiary/aromatic N) is 1. The van der Waals surface area contributed by atoms with Gasteiger partial charge >= 0.3 is 0 Å². The van der Waals surface area contributed by atoms with Gasteiger partial charge in [0.1, 0.15) is 5.75 Å². The van der Waals surface area contributed by atoms with Crippen LogP contribution in [0.4, 0.5) is 0 Å². The molecule has 1 saturated carbocycles. The maximum absolute atomic E-state index is 10.2. The van der Waals surface area contributed by atoms with E-state index in [4.69, 9.17) is 0 Å². The molecule has 2 fully saturated rings. The number of phenolic OH excluding ortho intramolecular Hbond substituents is 1. The number of aliphatic hydroxyl groups excluding tert-OH is 1. The largest absolute Gasteiger partial charge is 0.508 e. The Balaban J connectivity index is 1.58. The lowest BCUT2D eigenvalue weighted by Crippen LogP contribution is -2.27. The van der Waals surface area contributed by atoms with E-state index < -0.39 is 6.10 Å². The normalized spacial score (nSPS) is 29.4. The molecule has 0 radical (unpaired) electrons. The molecule has 1 aliphatic heterocycles. The molecule has 1 aromatic carbocycles. The molecule has 2 N–H and O–H groups in total. The lowest BCUT2D eigenvalue weighted by Gasteiger charge is -2.21. The number of fused-ring (bicyclic) bond motifs is 1. The first-order valence-electron chi connectivity index (χ1n) is 6.92. The lowest BCUT2D eigenvalue weighted by molar-refractivity contribution is 0.122. The van der Waals surface area contributed by atoms with Crippen LogP contribution in [0, 0.1) is 11.8 Å². The van der Waals surface area contributed by atoms with Gasteiger partial charge in [-0.15, -0.1) is 0 Å². The van der Waals surface area contributed by atoms with Gasteiger partial charge in [0.15, 0.2) is 0 Å². The number of benzene rings is 1. The number of rotatable bonds is 3. The molecule has 3 heteroatoms. The maximum atomic E-state index is 10.2. The van der Waals surface area contributed by atoms with Crippen LogP contribution in [0.5, 0.6) is 5.75 Å². The lowest BCUT2D eigenvalue weighted by atomic mass is 10.0. The zero-order chi connectivity index (χ0) is 12.5. The molecule has 0 amide bonds. The van der Waals surface area contributed by atoms with E-state index in [1.165, 1.54) is 19.3 Å². The molecule has 0 spiro atoms. The zero-order valence-electron chi connectivity index (χ0n) is 10.6. The van der Waals surface area contributed by atoms with Crippen molar-refractivity contribution in [1.29, 1.82) is 0 Å². The molecule has 1 heterocycles. The summed E-state index contributed by atoms with van der Waals surface area (Å²) >= 11 is 0. The highest BCUT2D eigenvalue weighted by Crippen LogP contribution is 2.38. The predicted octanol–water partition coefficient (Wildman–Crippen LogP) is 2.16. The summed E-state index contributed by atoms with van der Waals surface area (Å²) in [6.45, 7) is 3.03. The quantitative estimate of drug-likeness (QED) is 0.860. The fourth-order valence-electron chi connectivity index (χ4n) is 3.53. The fourth-order valence-corrected chi connectivity index (χ4v) is 3.53. The average molecular weight is 247 g/mol. The molecule has 1 saturated heterocycles. The second-order valence-corrected chi connectivity index (χ2v) is 5.78. The van der Waals surface area contributed by atoms with E-state index in [2.05, 4.69) is 4.90 Å². The minimum absolute atomic E-state index is 0.252. The molecular formula is C15H21NO2. The van der Waals surface area contributed by atoms with Gasteiger partial charge in [-0.3, -0.25) is 4.90 Å². The summed E-state index contributed by atoms with van der Waals surface area (Å²) in [5.41, 5.74) is 0.893. The summed E-state index contributed by atoms with van der Waals surface area (Å²) in [6.07, 6.45) is 3.70. The van der Waals surface area contributed by atoms with Gasteiger partial charge in [-0.25, -0.2) is 0 Å². The van der Waals surface area contributed by atoms with Crippen molar-refractivity contribution < 1.29 is 10.2 Å². The SMILES string of the molecule is Oc1ccc(C(O)CN2C[C@H]3CCC[C@H]3C2)cc1. The van der Waals surface area contributed by atoms with Crippen LogP contribution >= 0.6 is 0 Å². The second kappa shape index (κ2) is 4.90. The van der Waals surface area contributed by atoms with Gasteiger partial charge in [0.05, 0.1) is 6.10 Å². The van der Waals surface area contributed by atoms with Crippen molar-refractivity contribution >= 4 is 0 Å². The Morgan fingerprint density at radius 3 is 2.33 bits per heavy atom. The molecule has 3 atom stereocenters. The molecule has 3 nitrogen and oxygen atoms in total.